The van der Waals surface area contributed by atoms with Crippen LogP contribution in [-0.4, -0.2) is 0 Å². The molecule has 0 saturated heterocycles. The zero-order valence-corrected chi connectivity index (χ0v) is 11.4. The van der Waals surface area contributed by atoms with Crippen LogP contribution in [0.25, 0.3) is 20.9 Å². The van der Waals surface area contributed by atoms with E-state index in [9.17, 15) is 0 Å². The summed E-state index contributed by atoms with van der Waals surface area (Å²) in [5, 5.41) is 7.39. The summed E-state index contributed by atoms with van der Waals surface area (Å²) in [6.07, 6.45) is 2.50. The molecule has 21 heavy (non-hydrogen) atoms. The molecule has 0 radical (unpaired) electrons. The number of benzene rings is 2. The number of aryl methyl sites for hydroxylation is 2. The van der Waals surface area contributed by atoms with Crippen LogP contribution in [-0.2, 0) is 12.8 Å². The summed E-state index contributed by atoms with van der Waals surface area (Å²) >= 11 is 0. The van der Waals surface area contributed by atoms with Gasteiger partial charge in [0.25, 0.3) is 0 Å². The van der Waals surface area contributed by atoms with Gasteiger partial charge in [-0.1, -0.05) is 58.8 Å². The molecule has 2 aromatic rings. The largest absolute Gasteiger partial charge is 0.0620 e. The highest BCUT2D eigenvalue weighted by Gasteiger charge is 2.02. The standard InChI is InChI=1S/C15H14N6/c16-20-18-14-10-3-1-6-12(14)8-5-9-13-7-2-4-11-15(13)19-21-17/h1-4,6-7,10-11H,5,8-9H2. The van der Waals surface area contributed by atoms with Gasteiger partial charge in [-0.05, 0) is 41.5 Å². The fourth-order valence-electron chi connectivity index (χ4n) is 2.21. The first-order valence-corrected chi connectivity index (χ1v) is 6.61. The predicted octanol–water partition coefficient (Wildman–Crippen LogP) is 5.75. The minimum atomic E-state index is 0.670. The van der Waals surface area contributed by atoms with Crippen LogP contribution >= 0.6 is 0 Å². The minimum absolute atomic E-state index is 0.670. The van der Waals surface area contributed by atoms with Crippen molar-refractivity contribution in [2.45, 2.75) is 19.3 Å². The van der Waals surface area contributed by atoms with E-state index in [1.807, 2.05) is 48.5 Å². The first-order chi connectivity index (χ1) is 10.3. The summed E-state index contributed by atoms with van der Waals surface area (Å²) in [4.78, 5) is 5.68. The van der Waals surface area contributed by atoms with Crippen molar-refractivity contribution in [2.75, 3.05) is 0 Å². The fourth-order valence-corrected chi connectivity index (χ4v) is 2.21. The van der Waals surface area contributed by atoms with Crippen LogP contribution in [0.1, 0.15) is 17.5 Å². The summed E-state index contributed by atoms with van der Waals surface area (Å²) in [5.41, 5.74) is 20.5. The Bertz CT molecular complexity index is 650. The highest BCUT2D eigenvalue weighted by atomic mass is 15.1. The van der Waals surface area contributed by atoms with E-state index in [4.69, 9.17) is 11.1 Å². The number of hydrogen-bond acceptors (Lipinski definition) is 2. The SMILES string of the molecule is [N-]=[N+]=Nc1ccccc1CCCc1ccccc1N=[N+]=[N-]. The van der Waals surface area contributed by atoms with Gasteiger partial charge in [0, 0.05) is 21.2 Å². The van der Waals surface area contributed by atoms with Crippen molar-refractivity contribution < 1.29 is 0 Å². The minimum Gasteiger partial charge on any atom is -0.0620 e. The quantitative estimate of drug-likeness (QED) is 0.365. The lowest BCUT2D eigenvalue weighted by Gasteiger charge is -2.07. The van der Waals surface area contributed by atoms with Crippen LogP contribution in [0.15, 0.2) is 58.8 Å². The molecular formula is C15H14N6. The molecule has 2 rings (SSSR count). The van der Waals surface area contributed by atoms with Gasteiger partial charge >= 0.3 is 0 Å². The van der Waals surface area contributed by atoms with E-state index in [0.717, 1.165) is 30.4 Å². The van der Waals surface area contributed by atoms with E-state index < -0.39 is 0 Å². The third-order valence-electron chi connectivity index (χ3n) is 3.18. The Morgan fingerprint density at radius 3 is 1.57 bits per heavy atom. The molecule has 0 aliphatic carbocycles. The van der Waals surface area contributed by atoms with Gasteiger partial charge in [-0.15, -0.1) is 0 Å². The van der Waals surface area contributed by atoms with Crippen molar-refractivity contribution in [2.24, 2.45) is 10.2 Å². The molecular weight excluding hydrogens is 264 g/mol. The summed E-state index contributed by atoms with van der Waals surface area (Å²) in [6, 6.07) is 15.1. The van der Waals surface area contributed by atoms with E-state index in [2.05, 4.69) is 20.1 Å². The Morgan fingerprint density at radius 1 is 0.714 bits per heavy atom. The molecule has 104 valence electrons. The summed E-state index contributed by atoms with van der Waals surface area (Å²) in [6.45, 7) is 0. The Kier molecular flexibility index (Phi) is 5.24. The third kappa shape index (κ3) is 4.01. The molecule has 0 aliphatic rings. The van der Waals surface area contributed by atoms with Gasteiger partial charge in [0.2, 0.25) is 0 Å². The van der Waals surface area contributed by atoms with Crippen molar-refractivity contribution in [3.05, 3.63) is 80.5 Å². The normalized spacial score (nSPS) is 9.52. The maximum Gasteiger partial charge on any atom is 0.0407 e. The zero-order valence-electron chi connectivity index (χ0n) is 11.4. The second kappa shape index (κ2) is 7.60. The molecule has 0 fully saturated rings. The Labute approximate surface area is 122 Å². The lowest BCUT2D eigenvalue weighted by molar-refractivity contribution is 0.821. The van der Waals surface area contributed by atoms with Crippen LogP contribution in [0.4, 0.5) is 11.4 Å². The van der Waals surface area contributed by atoms with Crippen LogP contribution in [0, 0.1) is 0 Å². The van der Waals surface area contributed by atoms with E-state index in [0.29, 0.717) is 11.4 Å². The summed E-state index contributed by atoms with van der Waals surface area (Å²) in [5.74, 6) is 0. The molecule has 0 N–H and O–H groups in total. The first-order valence-electron chi connectivity index (χ1n) is 6.61. The number of hydrogen-bond donors (Lipinski definition) is 0. The molecule has 0 aliphatic heterocycles. The Hall–Kier alpha value is -2.94. The van der Waals surface area contributed by atoms with Gasteiger partial charge in [0.1, 0.15) is 0 Å². The Morgan fingerprint density at radius 2 is 1.14 bits per heavy atom. The predicted molar refractivity (Wildman–Crippen MR) is 82.5 cm³/mol. The third-order valence-corrected chi connectivity index (χ3v) is 3.18. The van der Waals surface area contributed by atoms with Gasteiger partial charge in [0.05, 0.1) is 0 Å². The average Bonchev–Trinajstić information content (AvgIpc) is 2.51. The molecule has 6 heteroatoms. The Balaban J connectivity index is 2.05. The van der Waals surface area contributed by atoms with Crippen molar-refractivity contribution in [3.63, 3.8) is 0 Å². The number of azide groups is 2. The van der Waals surface area contributed by atoms with Crippen LogP contribution < -0.4 is 0 Å². The maximum atomic E-state index is 8.55. The molecule has 0 amide bonds. The molecule has 0 saturated carbocycles. The van der Waals surface area contributed by atoms with Crippen LogP contribution in [0.3, 0.4) is 0 Å². The number of rotatable bonds is 6. The first kappa shape index (κ1) is 14.5. The molecule has 0 heterocycles. The highest BCUT2D eigenvalue weighted by molar-refractivity contribution is 5.47. The molecule has 0 atom stereocenters. The van der Waals surface area contributed by atoms with Gasteiger partial charge in [0.15, 0.2) is 0 Å². The molecule has 0 spiro atoms. The van der Waals surface area contributed by atoms with E-state index in [1.165, 1.54) is 0 Å². The second-order valence-electron chi connectivity index (χ2n) is 4.49. The molecule has 0 aromatic heterocycles. The zero-order chi connectivity index (χ0) is 14.9. The van der Waals surface area contributed by atoms with Crippen LogP contribution in [0.5, 0.6) is 0 Å². The van der Waals surface area contributed by atoms with Crippen molar-refractivity contribution >= 4 is 11.4 Å². The van der Waals surface area contributed by atoms with Gasteiger partial charge in [-0.3, -0.25) is 0 Å². The van der Waals surface area contributed by atoms with E-state index in [-0.39, 0.29) is 0 Å². The smallest absolute Gasteiger partial charge is 0.0407 e. The lowest BCUT2D eigenvalue weighted by Crippen LogP contribution is -1.91. The molecule has 2 aromatic carbocycles. The fraction of sp³-hybridized carbons (Fsp3) is 0.200. The average molecular weight is 278 g/mol. The summed E-state index contributed by atoms with van der Waals surface area (Å²) in [7, 11) is 0. The van der Waals surface area contributed by atoms with Crippen molar-refractivity contribution in [1.82, 2.24) is 0 Å². The maximum absolute atomic E-state index is 8.55. The van der Waals surface area contributed by atoms with E-state index in [1.54, 1.807) is 0 Å². The second-order valence-corrected chi connectivity index (χ2v) is 4.49. The van der Waals surface area contributed by atoms with Crippen LogP contribution in [0.2, 0.25) is 0 Å². The highest BCUT2D eigenvalue weighted by Crippen LogP contribution is 2.24. The van der Waals surface area contributed by atoms with Crippen molar-refractivity contribution in [3.8, 4) is 0 Å². The monoisotopic (exact) mass is 278 g/mol. The van der Waals surface area contributed by atoms with Crippen molar-refractivity contribution in [1.29, 1.82) is 0 Å². The lowest BCUT2D eigenvalue weighted by atomic mass is 10.0. The van der Waals surface area contributed by atoms with Gasteiger partial charge < -0.3 is 0 Å². The summed E-state index contributed by atoms with van der Waals surface area (Å²) < 4.78 is 0. The molecule has 6 nitrogen and oxygen atoms in total. The topological polar surface area (TPSA) is 97.5 Å². The molecule has 0 unspecified atom stereocenters. The van der Waals surface area contributed by atoms with Gasteiger partial charge in [-0.25, -0.2) is 0 Å². The number of nitrogens with zero attached hydrogens (tertiary/aromatic N) is 6. The van der Waals surface area contributed by atoms with Gasteiger partial charge in [-0.2, -0.15) is 0 Å². The van der Waals surface area contributed by atoms with E-state index >= 15 is 0 Å². The molecule has 0 bridgehead atoms.